The molecular weight excluding hydrogens is 116 g/mol. The van der Waals surface area contributed by atoms with Gasteiger partial charge in [0.25, 0.3) is 0 Å². The SMILES string of the molecule is C=C(C)O[Si](C)(C)C. The van der Waals surface area contributed by atoms with Gasteiger partial charge in [-0.2, -0.15) is 0 Å². The Labute approximate surface area is 52.5 Å². The summed E-state index contributed by atoms with van der Waals surface area (Å²) in [6.07, 6.45) is 0. The van der Waals surface area contributed by atoms with Crippen molar-refractivity contribution in [1.29, 1.82) is 0 Å². The van der Waals surface area contributed by atoms with Crippen LogP contribution in [0.1, 0.15) is 6.92 Å². The highest BCUT2D eigenvalue weighted by atomic mass is 28.4. The molecule has 0 atom stereocenters. The number of hydrogen-bond acceptors (Lipinski definition) is 1. The Bertz CT molecular complexity index is 91.2. The predicted molar refractivity (Wildman–Crippen MR) is 39.2 cm³/mol. The molecule has 0 spiro atoms. The molecular formula is C6H14OSi. The zero-order valence-electron chi connectivity index (χ0n) is 6.12. The van der Waals surface area contributed by atoms with Crippen LogP contribution in [0.15, 0.2) is 12.3 Å². The van der Waals surface area contributed by atoms with E-state index in [9.17, 15) is 0 Å². The van der Waals surface area contributed by atoms with Crippen LogP contribution in [0.4, 0.5) is 0 Å². The Kier molecular flexibility index (Phi) is 2.28. The normalized spacial score (nSPS) is 11.0. The molecule has 0 fully saturated rings. The van der Waals surface area contributed by atoms with Gasteiger partial charge in [-0.05, 0) is 26.6 Å². The lowest BCUT2D eigenvalue weighted by Gasteiger charge is -2.18. The molecule has 48 valence electrons. The van der Waals surface area contributed by atoms with E-state index in [0.717, 1.165) is 5.76 Å². The lowest BCUT2D eigenvalue weighted by Crippen LogP contribution is -2.23. The lowest BCUT2D eigenvalue weighted by molar-refractivity contribution is 0.427. The largest absolute Gasteiger partial charge is 0.548 e. The van der Waals surface area contributed by atoms with Gasteiger partial charge in [0.05, 0.1) is 5.76 Å². The van der Waals surface area contributed by atoms with Gasteiger partial charge in [0, 0.05) is 0 Å². The zero-order valence-corrected chi connectivity index (χ0v) is 7.12. The van der Waals surface area contributed by atoms with E-state index in [1.807, 2.05) is 6.92 Å². The second-order valence-electron chi connectivity index (χ2n) is 2.92. The van der Waals surface area contributed by atoms with Crippen LogP contribution in [0.25, 0.3) is 0 Å². The van der Waals surface area contributed by atoms with Crippen molar-refractivity contribution in [3.63, 3.8) is 0 Å². The second-order valence-corrected chi connectivity index (χ2v) is 7.35. The summed E-state index contributed by atoms with van der Waals surface area (Å²) in [7, 11) is -1.32. The van der Waals surface area contributed by atoms with Gasteiger partial charge in [-0.1, -0.05) is 6.58 Å². The summed E-state index contributed by atoms with van der Waals surface area (Å²) in [4.78, 5) is 0. The molecule has 0 aromatic rings. The molecule has 0 aliphatic rings. The summed E-state index contributed by atoms with van der Waals surface area (Å²) < 4.78 is 5.38. The highest BCUT2D eigenvalue weighted by molar-refractivity contribution is 6.70. The molecule has 0 saturated heterocycles. The van der Waals surface area contributed by atoms with Crippen LogP contribution in [0.5, 0.6) is 0 Å². The Morgan fingerprint density at radius 3 is 1.75 bits per heavy atom. The fourth-order valence-corrected chi connectivity index (χ4v) is 1.57. The van der Waals surface area contributed by atoms with E-state index in [1.54, 1.807) is 0 Å². The number of allylic oxidation sites excluding steroid dienone is 1. The van der Waals surface area contributed by atoms with Gasteiger partial charge in [-0.3, -0.25) is 0 Å². The first kappa shape index (κ1) is 7.76. The summed E-state index contributed by atoms with van der Waals surface area (Å²) >= 11 is 0. The molecule has 0 radical (unpaired) electrons. The fourth-order valence-electron chi connectivity index (χ4n) is 0.523. The van der Waals surface area contributed by atoms with Crippen molar-refractivity contribution in [2.75, 3.05) is 0 Å². The quantitative estimate of drug-likeness (QED) is 0.412. The van der Waals surface area contributed by atoms with Gasteiger partial charge in [-0.15, -0.1) is 0 Å². The van der Waals surface area contributed by atoms with Crippen LogP contribution in [-0.2, 0) is 4.43 Å². The molecule has 0 heterocycles. The van der Waals surface area contributed by atoms with E-state index in [-0.39, 0.29) is 0 Å². The van der Waals surface area contributed by atoms with Crippen molar-refractivity contribution in [1.82, 2.24) is 0 Å². The lowest BCUT2D eigenvalue weighted by atomic mass is 10.7. The van der Waals surface area contributed by atoms with Crippen LogP contribution in [0, 0.1) is 0 Å². The fraction of sp³-hybridized carbons (Fsp3) is 0.667. The standard InChI is InChI=1S/C6H14OSi/c1-6(2)7-8(3,4)5/h1H2,2-5H3. The molecule has 0 amide bonds. The molecule has 0 N–H and O–H groups in total. The molecule has 8 heavy (non-hydrogen) atoms. The van der Waals surface area contributed by atoms with E-state index >= 15 is 0 Å². The van der Waals surface area contributed by atoms with Crippen molar-refractivity contribution in [2.24, 2.45) is 0 Å². The third-order valence-corrected chi connectivity index (χ3v) is 1.44. The summed E-state index contributed by atoms with van der Waals surface area (Å²) in [5.74, 6) is 0.837. The smallest absolute Gasteiger partial charge is 0.241 e. The molecule has 0 bridgehead atoms. The molecule has 0 aromatic carbocycles. The monoisotopic (exact) mass is 130 g/mol. The first-order chi connectivity index (χ1) is 3.42. The van der Waals surface area contributed by atoms with Crippen LogP contribution in [0.2, 0.25) is 19.6 Å². The van der Waals surface area contributed by atoms with Crippen LogP contribution in [-0.4, -0.2) is 8.32 Å². The summed E-state index contributed by atoms with van der Waals surface area (Å²) in [6, 6.07) is 0. The third kappa shape index (κ3) is 5.76. The maximum Gasteiger partial charge on any atom is 0.241 e. The Balaban J connectivity index is 3.55. The molecule has 2 heteroatoms. The maximum absolute atomic E-state index is 5.38. The van der Waals surface area contributed by atoms with Crippen molar-refractivity contribution < 1.29 is 4.43 Å². The van der Waals surface area contributed by atoms with Gasteiger partial charge in [0.1, 0.15) is 0 Å². The predicted octanol–water partition coefficient (Wildman–Crippen LogP) is 2.37. The maximum atomic E-state index is 5.38. The molecule has 0 aromatic heterocycles. The molecule has 0 saturated carbocycles. The molecule has 0 rings (SSSR count). The minimum absolute atomic E-state index is 0.837. The van der Waals surface area contributed by atoms with Crippen molar-refractivity contribution in [3.05, 3.63) is 12.3 Å². The van der Waals surface area contributed by atoms with E-state index < -0.39 is 8.32 Å². The third-order valence-electron chi connectivity index (χ3n) is 0.480. The Hall–Kier alpha value is -0.243. The molecule has 0 aliphatic carbocycles. The first-order valence-electron chi connectivity index (χ1n) is 2.76. The van der Waals surface area contributed by atoms with Gasteiger partial charge >= 0.3 is 0 Å². The molecule has 0 aliphatic heterocycles. The summed E-state index contributed by atoms with van der Waals surface area (Å²) in [5, 5.41) is 0. The average molecular weight is 130 g/mol. The summed E-state index contributed by atoms with van der Waals surface area (Å²) in [5.41, 5.74) is 0. The number of rotatable bonds is 2. The molecule has 1 nitrogen and oxygen atoms in total. The second kappa shape index (κ2) is 2.35. The highest BCUT2D eigenvalue weighted by Gasteiger charge is 2.14. The van der Waals surface area contributed by atoms with Gasteiger partial charge in [0.2, 0.25) is 8.32 Å². The highest BCUT2D eigenvalue weighted by Crippen LogP contribution is 2.06. The minimum atomic E-state index is -1.32. The van der Waals surface area contributed by atoms with Gasteiger partial charge < -0.3 is 4.43 Å². The molecule has 0 unspecified atom stereocenters. The first-order valence-corrected chi connectivity index (χ1v) is 6.17. The average Bonchev–Trinajstić information content (AvgIpc) is 1.21. The van der Waals surface area contributed by atoms with E-state index in [0.29, 0.717) is 0 Å². The Morgan fingerprint density at radius 1 is 1.38 bits per heavy atom. The number of hydrogen-bond donors (Lipinski definition) is 0. The zero-order chi connectivity index (χ0) is 6.78. The van der Waals surface area contributed by atoms with Crippen LogP contribution >= 0.6 is 0 Å². The Morgan fingerprint density at radius 2 is 1.75 bits per heavy atom. The minimum Gasteiger partial charge on any atom is -0.548 e. The van der Waals surface area contributed by atoms with Gasteiger partial charge in [-0.25, -0.2) is 0 Å². The van der Waals surface area contributed by atoms with E-state index in [2.05, 4.69) is 26.2 Å². The van der Waals surface area contributed by atoms with E-state index in [4.69, 9.17) is 4.43 Å². The van der Waals surface area contributed by atoms with Crippen molar-refractivity contribution >= 4 is 8.32 Å². The van der Waals surface area contributed by atoms with Gasteiger partial charge in [0.15, 0.2) is 0 Å². The van der Waals surface area contributed by atoms with E-state index in [1.165, 1.54) is 0 Å². The van der Waals surface area contributed by atoms with Crippen molar-refractivity contribution in [2.45, 2.75) is 26.6 Å². The van der Waals surface area contributed by atoms with Crippen LogP contribution in [0.3, 0.4) is 0 Å². The van der Waals surface area contributed by atoms with Crippen LogP contribution < -0.4 is 0 Å². The topological polar surface area (TPSA) is 9.23 Å². The summed E-state index contributed by atoms with van der Waals surface area (Å²) in [6.45, 7) is 12.0. The van der Waals surface area contributed by atoms with Crippen molar-refractivity contribution in [3.8, 4) is 0 Å².